The van der Waals surface area contributed by atoms with Crippen LogP contribution >= 0.6 is 23.2 Å². The van der Waals surface area contributed by atoms with Gasteiger partial charge in [-0.2, -0.15) is 0 Å². The van der Waals surface area contributed by atoms with Gasteiger partial charge in [-0.25, -0.2) is 0 Å². The Morgan fingerprint density at radius 3 is 2.57 bits per heavy atom. The first-order valence-electron chi connectivity index (χ1n) is 7.54. The summed E-state index contributed by atoms with van der Waals surface area (Å²) in [5.74, 6) is 0.224. The van der Waals surface area contributed by atoms with Gasteiger partial charge in [-0.05, 0) is 48.6 Å². The summed E-state index contributed by atoms with van der Waals surface area (Å²) in [5, 5.41) is 13.6. The number of para-hydroxylation sites is 1. The maximum Gasteiger partial charge on any atom is 0.220 e. The quantitative estimate of drug-likeness (QED) is 0.727. The molecule has 23 heavy (non-hydrogen) atoms. The van der Waals surface area contributed by atoms with Crippen molar-refractivity contribution >= 4 is 29.1 Å². The smallest absolute Gasteiger partial charge is 0.220 e. The molecule has 1 amide bonds. The predicted molar refractivity (Wildman–Crippen MR) is 94.2 cm³/mol. The standard InChI is InChI=1S/C18H19Cl2NO2/c19-15-9-7-13(12-16(15)20)4-3-11-21-18(23)10-8-14-5-1-2-6-17(14)22/h1-2,5-7,9,12,22H,3-4,8,10-11H2,(H,21,23). The number of hydrogen-bond donors (Lipinski definition) is 2. The molecule has 2 aromatic rings. The number of halogens is 2. The molecule has 0 saturated carbocycles. The van der Waals surface area contributed by atoms with E-state index in [1.165, 1.54) is 0 Å². The van der Waals surface area contributed by atoms with Crippen LogP contribution in [0.15, 0.2) is 42.5 Å². The molecule has 0 aromatic heterocycles. The number of amides is 1. The van der Waals surface area contributed by atoms with E-state index in [1.807, 2.05) is 24.3 Å². The fourth-order valence-corrected chi connectivity index (χ4v) is 2.59. The normalized spacial score (nSPS) is 10.5. The number of nitrogens with one attached hydrogen (secondary N) is 1. The Morgan fingerprint density at radius 1 is 1.04 bits per heavy atom. The fourth-order valence-electron chi connectivity index (χ4n) is 2.27. The van der Waals surface area contributed by atoms with Crippen molar-refractivity contribution in [3.8, 4) is 5.75 Å². The number of hydrogen-bond acceptors (Lipinski definition) is 2. The number of phenolic OH excluding ortho intramolecular Hbond substituents is 1. The van der Waals surface area contributed by atoms with Gasteiger partial charge in [0.25, 0.3) is 0 Å². The molecule has 0 spiro atoms. The number of aryl methyl sites for hydroxylation is 2. The average molecular weight is 352 g/mol. The van der Waals surface area contributed by atoms with Crippen molar-refractivity contribution in [2.45, 2.75) is 25.7 Å². The van der Waals surface area contributed by atoms with Gasteiger partial charge in [-0.3, -0.25) is 4.79 Å². The molecule has 0 aliphatic carbocycles. The second-order valence-electron chi connectivity index (χ2n) is 5.33. The van der Waals surface area contributed by atoms with Gasteiger partial charge in [0.2, 0.25) is 5.91 Å². The number of benzene rings is 2. The molecule has 0 radical (unpaired) electrons. The molecule has 2 rings (SSSR count). The molecule has 0 unspecified atom stereocenters. The van der Waals surface area contributed by atoms with Gasteiger partial charge in [0, 0.05) is 13.0 Å². The molecule has 0 aliphatic heterocycles. The van der Waals surface area contributed by atoms with Gasteiger partial charge in [0.05, 0.1) is 10.0 Å². The SMILES string of the molecule is O=C(CCc1ccccc1O)NCCCc1ccc(Cl)c(Cl)c1. The molecule has 0 bridgehead atoms. The van der Waals surface area contributed by atoms with Gasteiger partial charge in [-0.15, -0.1) is 0 Å². The Hall–Kier alpha value is -1.71. The molecular weight excluding hydrogens is 333 g/mol. The fraction of sp³-hybridized carbons (Fsp3) is 0.278. The lowest BCUT2D eigenvalue weighted by molar-refractivity contribution is -0.121. The molecule has 5 heteroatoms. The Balaban J connectivity index is 1.67. The summed E-state index contributed by atoms with van der Waals surface area (Å²) in [4.78, 5) is 11.8. The van der Waals surface area contributed by atoms with E-state index in [9.17, 15) is 9.90 Å². The zero-order chi connectivity index (χ0) is 16.7. The summed E-state index contributed by atoms with van der Waals surface area (Å²) in [6.45, 7) is 0.611. The van der Waals surface area contributed by atoms with Gasteiger partial charge >= 0.3 is 0 Å². The van der Waals surface area contributed by atoms with Crippen LogP contribution in [0, 0.1) is 0 Å². The summed E-state index contributed by atoms with van der Waals surface area (Å²) in [6.07, 6.45) is 2.56. The van der Waals surface area contributed by atoms with Gasteiger partial charge < -0.3 is 10.4 Å². The van der Waals surface area contributed by atoms with Gasteiger partial charge in [0.1, 0.15) is 5.75 Å². The minimum atomic E-state index is -0.0117. The minimum absolute atomic E-state index is 0.0117. The van der Waals surface area contributed by atoms with E-state index in [1.54, 1.807) is 18.2 Å². The van der Waals surface area contributed by atoms with Crippen LogP contribution < -0.4 is 5.32 Å². The van der Waals surface area contributed by atoms with Crippen LogP contribution in [0.2, 0.25) is 10.0 Å². The van der Waals surface area contributed by atoms with Crippen molar-refractivity contribution < 1.29 is 9.90 Å². The zero-order valence-electron chi connectivity index (χ0n) is 12.7. The lowest BCUT2D eigenvalue weighted by Crippen LogP contribution is -2.25. The van der Waals surface area contributed by atoms with Crippen LogP contribution in [0.1, 0.15) is 24.0 Å². The Morgan fingerprint density at radius 2 is 1.83 bits per heavy atom. The third-order valence-corrected chi connectivity index (χ3v) is 4.30. The average Bonchev–Trinajstić information content (AvgIpc) is 2.54. The Labute approximate surface area is 146 Å². The molecule has 2 N–H and O–H groups in total. The Kier molecular flexibility index (Phi) is 6.75. The van der Waals surface area contributed by atoms with Crippen LogP contribution in [0.3, 0.4) is 0 Å². The largest absolute Gasteiger partial charge is 0.508 e. The summed E-state index contributed by atoms with van der Waals surface area (Å²) in [6, 6.07) is 12.6. The van der Waals surface area contributed by atoms with Crippen LogP contribution in [-0.2, 0) is 17.6 Å². The maximum atomic E-state index is 11.8. The molecular formula is C18H19Cl2NO2. The molecule has 122 valence electrons. The first-order valence-corrected chi connectivity index (χ1v) is 8.29. The lowest BCUT2D eigenvalue weighted by Gasteiger charge is -2.07. The van der Waals surface area contributed by atoms with E-state index in [4.69, 9.17) is 23.2 Å². The topological polar surface area (TPSA) is 49.3 Å². The van der Waals surface area contributed by atoms with E-state index in [0.29, 0.717) is 29.4 Å². The van der Waals surface area contributed by atoms with E-state index >= 15 is 0 Å². The summed E-state index contributed by atoms with van der Waals surface area (Å²) < 4.78 is 0. The monoisotopic (exact) mass is 351 g/mol. The highest BCUT2D eigenvalue weighted by Gasteiger charge is 2.05. The number of carbonyl (C=O) groups is 1. The predicted octanol–water partition coefficient (Wildman–Crippen LogP) is 4.38. The molecule has 0 heterocycles. The highest BCUT2D eigenvalue weighted by Crippen LogP contribution is 2.23. The summed E-state index contributed by atoms with van der Waals surface area (Å²) >= 11 is 11.8. The van der Waals surface area contributed by atoms with E-state index < -0.39 is 0 Å². The summed E-state index contributed by atoms with van der Waals surface area (Å²) in [5.41, 5.74) is 1.89. The van der Waals surface area contributed by atoms with Crippen molar-refractivity contribution in [3.05, 3.63) is 63.6 Å². The van der Waals surface area contributed by atoms with Crippen LogP contribution in [0.4, 0.5) is 0 Å². The van der Waals surface area contributed by atoms with Crippen LogP contribution in [0.5, 0.6) is 5.75 Å². The number of rotatable bonds is 7. The van der Waals surface area contributed by atoms with Crippen molar-refractivity contribution in [2.24, 2.45) is 0 Å². The van der Waals surface area contributed by atoms with E-state index in [2.05, 4.69) is 5.32 Å². The van der Waals surface area contributed by atoms with E-state index in [-0.39, 0.29) is 11.7 Å². The third kappa shape index (κ3) is 5.77. The number of aromatic hydroxyl groups is 1. The number of phenols is 1. The molecule has 0 aliphatic rings. The molecule has 2 aromatic carbocycles. The van der Waals surface area contributed by atoms with Crippen LogP contribution in [-0.4, -0.2) is 17.6 Å². The minimum Gasteiger partial charge on any atom is -0.508 e. The highest BCUT2D eigenvalue weighted by molar-refractivity contribution is 6.42. The maximum absolute atomic E-state index is 11.8. The van der Waals surface area contributed by atoms with Crippen molar-refractivity contribution in [1.29, 1.82) is 0 Å². The lowest BCUT2D eigenvalue weighted by atomic mass is 10.1. The van der Waals surface area contributed by atoms with Crippen LogP contribution in [0.25, 0.3) is 0 Å². The third-order valence-electron chi connectivity index (χ3n) is 3.56. The summed E-state index contributed by atoms with van der Waals surface area (Å²) in [7, 11) is 0. The zero-order valence-corrected chi connectivity index (χ0v) is 14.2. The van der Waals surface area contributed by atoms with Gasteiger partial charge in [-0.1, -0.05) is 47.5 Å². The highest BCUT2D eigenvalue weighted by atomic mass is 35.5. The molecule has 0 atom stereocenters. The molecule has 3 nitrogen and oxygen atoms in total. The van der Waals surface area contributed by atoms with Crippen molar-refractivity contribution in [2.75, 3.05) is 6.54 Å². The van der Waals surface area contributed by atoms with Crippen molar-refractivity contribution in [3.63, 3.8) is 0 Å². The Bertz CT molecular complexity index is 674. The first-order chi connectivity index (χ1) is 11.1. The first kappa shape index (κ1) is 17.6. The second-order valence-corrected chi connectivity index (χ2v) is 6.15. The number of carbonyl (C=O) groups excluding carboxylic acids is 1. The molecule has 0 saturated heterocycles. The van der Waals surface area contributed by atoms with Gasteiger partial charge in [0.15, 0.2) is 0 Å². The molecule has 0 fully saturated rings. The van der Waals surface area contributed by atoms with Crippen molar-refractivity contribution in [1.82, 2.24) is 5.32 Å². The second kappa shape index (κ2) is 8.80. The van der Waals surface area contributed by atoms with E-state index in [0.717, 1.165) is 24.0 Å².